The monoisotopic (exact) mass is 233 g/mol. The zero-order valence-corrected chi connectivity index (χ0v) is 10.1. The van der Waals surface area contributed by atoms with Crippen LogP contribution in [0.4, 0.5) is 0 Å². The SMILES string of the molecule is O=c1[nH]c(C2CCNC2)nc2c1CCCCC2. The Balaban J connectivity index is 1.99. The maximum Gasteiger partial charge on any atom is 0.254 e. The molecule has 3 rings (SSSR count). The van der Waals surface area contributed by atoms with Crippen molar-refractivity contribution in [3.8, 4) is 0 Å². The largest absolute Gasteiger partial charge is 0.316 e. The van der Waals surface area contributed by atoms with Crippen LogP contribution in [0.25, 0.3) is 0 Å². The second kappa shape index (κ2) is 4.61. The van der Waals surface area contributed by atoms with E-state index in [1.165, 1.54) is 12.8 Å². The Kier molecular flexibility index (Phi) is 2.97. The minimum Gasteiger partial charge on any atom is -0.316 e. The maximum absolute atomic E-state index is 12.1. The van der Waals surface area contributed by atoms with Crippen molar-refractivity contribution in [1.29, 1.82) is 0 Å². The van der Waals surface area contributed by atoms with Crippen LogP contribution in [0.1, 0.15) is 48.7 Å². The second-order valence-electron chi connectivity index (χ2n) is 5.13. The van der Waals surface area contributed by atoms with Crippen molar-refractivity contribution in [2.24, 2.45) is 0 Å². The van der Waals surface area contributed by atoms with Gasteiger partial charge >= 0.3 is 0 Å². The lowest BCUT2D eigenvalue weighted by molar-refractivity contribution is 0.678. The number of aromatic amines is 1. The Morgan fingerprint density at radius 1 is 1.18 bits per heavy atom. The molecule has 0 saturated carbocycles. The Bertz CT molecular complexity index is 460. The van der Waals surface area contributed by atoms with Gasteiger partial charge in [0.15, 0.2) is 0 Å². The minimum absolute atomic E-state index is 0.110. The molecule has 92 valence electrons. The summed E-state index contributed by atoms with van der Waals surface area (Å²) < 4.78 is 0. The molecule has 0 amide bonds. The molecular formula is C13H19N3O. The fourth-order valence-electron chi connectivity index (χ4n) is 2.88. The first-order valence-corrected chi connectivity index (χ1v) is 6.67. The van der Waals surface area contributed by atoms with Crippen LogP contribution < -0.4 is 10.9 Å². The fourth-order valence-corrected chi connectivity index (χ4v) is 2.88. The third kappa shape index (κ3) is 2.14. The van der Waals surface area contributed by atoms with Gasteiger partial charge in [0, 0.05) is 18.0 Å². The van der Waals surface area contributed by atoms with E-state index in [0.29, 0.717) is 5.92 Å². The summed E-state index contributed by atoms with van der Waals surface area (Å²) in [6.45, 7) is 1.98. The second-order valence-corrected chi connectivity index (χ2v) is 5.13. The van der Waals surface area contributed by atoms with Gasteiger partial charge in [-0.25, -0.2) is 4.98 Å². The Morgan fingerprint density at radius 3 is 2.88 bits per heavy atom. The number of rotatable bonds is 1. The van der Waals surface area contributed by atoms with E-state index in [-0.39, 0.29) is 5.56 Å². The molecule has 17 heavy (non-hydrogen) atoms. The highest BCUT2D eigenvalue weighted by Gasteiger charge is 2.21. The number of fused-ring (bicyclic) bond motifs is 1. The van der Waals surface area contributed by atoms with E-state index in [0.717, 1.165) is 55.9 Å². The van der Waals surface area contributed by atoms with Gasteiger partial charge in [-0.05, 0) is 38.6 Å². The molecule has 4 nitrogen and oxygen atoms in total. The average molecular weight is 233 g/mol. The molecule has 1 aromatic rings. The molecule has 0 radical (unpaired) electrons. The van der Waals surface area contributed by atoms with Crippen LogP contribution in [0, 0.1) is 0 Å². The predicted molar refractivity (Wildman–Crippen MR) is 66.3 cm³/mol. The van der Waals surface area contributed by atoms with E-state index < -0.39 is 0 Å². The van der Waals surface area contributed by atoms with E-state index in [4.69, 9.17) is 4.98 Å². The molecule has 1 aliphatic heterocycles. The topological polar surface area (TPSA) is 57.8 Å². The lowest BCUT2D eigenvalue weighted by atomic mass is 10.1. The fraction of sp³-hybridized carbons (Fsp3) is 0.692. The lowest BCUT2D eigenvalue weighted by Crippen LogP contribution is -2.22. The molecule has 0 spiro atoms. The summed E-state index contributed by atoms with van der Waals surface area (Å²) >= 11 is 0. The number of aromatic nitrogens is 2. The van der Waals surface area contributed by atoms with Crippen LogP contribution in [0.3, 0.4) is 0 Å². The first-order chi connectivity index (χ1) is 8.34. The van der Waals surface area contributed by atoms with Gasteiger partial charge in [-0.2, -0.15) is 0 Å². The van der Waals surface area contributed by atoms with Gasteiger partial charge < -0.3 is 10.3 Å². The number of hydrogen-bond donors (Lipinski definition) is 2. The van der Waals surface area contributed by atoms with E-state index in [2.05, 4.69) is 10.3 Å². The van der Waals surface area contributed by atoms with Gasteiger partial charge in [-0.1, -0.05) is 6.42 Å². The molecule has 2 aliphatic rings. The lowest BCUT2D eigenvalue weighted by Gasteiger charge is -2.11. The molecule has 0 bridgehead atoms. The van der Waals surface area contributed by atoms with E-state index in [1.807, 2.05) is 0 Å². The number of H-pyrrole nitrogens is 1. The Morgan fingerprint density at radius 2 is 2.06 bits per heavy atom. The van der Waals surface area contributed by atoms with Crippen molar-refractivity contribution >= 4 is 0 Å². The van der Waals surface area contributed by atoms with Crippen molar-refractivity contribution in [3.63, 3.8) is 0 Å². The molecule has 2 heterocycles. The van der Waals surface area contributed by atoms with E-state index in [9.17, 15) is 4.79 Å². The first kappa shape index (κ1) is 11.0. The summed E-state index contributed by atoms with van der Waals surface area (Å²) in [5.74, 6) is 1.30. The molecule has 0 aromatic carbocycles. The summed E-state index contributed by atoms with van der Waals surface area (Å²) in [5.41, 5.74) is 2.11. The number of nitrogens with zero attached hydrogens (tertiary/aromatic N) is 1. The molecule has 1 unspecified atom stereocenters. The van der Waals surface area contributed by atoms with Gasteiger partial charge in [0.2, 0.25) is 0 Å². The molecule has 2 N–H and O–H groups in total. The molecule has 1 aromatic heterocycles. The van der Waals surface area contributed by atoms with Crippen LogP contribution >= 0.6 is 0 Å². The first-order valence-electron chi connectivity index (χ1n) is 6.67. The number of hydrogen-bond acceptors (Lipinski definition) is 3. The Hall–Kier alpha value is -1.16. The predicted octanol–water partition coefficient (Wildman–Crippen LogP) is 1.12. The highest BCUT2D eigenvalue weighted by Crippen LogP contribution is 2.21. The van der Waals surface area contributed by atoms with Crippen molar-refractivity contribution in [2.75, 3.05) is 13.1 Å². The standard InChI is InChI=1S/C13H19N3O/c17-13-10-4-2-1-3-5-11(10)15-12(16-13)9-6-7-14-8-9/h9,14H,1-8H2,(H,15,16,17). The van der Waals surface area contributed by atoms with Gasteiger partial charge in [-0.15, -0.1) is 0 Å². The van der Waals surface area contributed by atoms with E-state index in [1.54, 1.807) is 0 Å². The molecular weight excluding hydrogens is 214 g/mol. The summed E-state index contributed by atoms with van der Waals surface area (Å²) in [6.07, 6.45) is 6.49. The van der Waals surface area contributed by atoms with Crippen molar-refractivity contribution < 1.29 is 0 Å². The zero-order chi connectivity index (χ0) is 11.7. The smallest absolute Gasteiger partial charge is 0.254 e. The molecule has 1 saturated heterocycles. The third-order valence-electron chi connectivity index (χ3n) is 3.91. The van der Waals surface area contributed by atoms with Crippen molar-refractivity contribution in [2.45, 2.75) is 44.4 Å². The van der Waals surface area contributed by atoms with Gasteiger partial charge in [-0.3, -0.25) is 4.79 Å². The summed E-state index contributed by atoms with van der Waals surface area (Å²) in [6, 6.07) is 0. The van der Waals surface area contributed by atoms with Crippen LogP contribution in [0.15, 0.2) is 4.79 Å². The third-order valence-corrected chi connectivity index (χ3v) is 3.91. The number of nitrogens with one attached hydrogen (secondary N) is 2. The summed E-state index contributed by atoms with van der Waals surface area (Å²) in [5, 5.41) is 3.32. The van der Waals surface area contributed by atoms with Crippen molar-refractivity contribution in [3.05, 3.63) is 27.4 Å². The quantitative estimate of drug-likeness (QED) is 0.715. The van der Waals surface area contributed by atoms with Gasteiger partial charge in [0.25, 0.3) is 5.56 Å². The molecule has 1 fully saturated rings. The van der Waals surface area contributed by atoms with Crippen molar-refractivity contribution in [1.82, 2.24) is 15.3 Å². The highest BCUT2D eigenvalue weighted by atomic mass is 16.1. The minimum atomic E-state index is 0.110. The molecule has 1 aliphatic carbocycles. The van der Waals surface area contributed by atoms with Crippen LogP contribution in [0.2, 0.25) is 0 Å². The normalized spacial score (nSPS) is 24.4. The molecule has 1 atom stereocenters. The summed E-state index contributed by atoms with van der Waals surface area (Å²) in [4.78, 5) is 19.8. The van der Waals surface area contributed by atoms with Crippen LogP contribution in [0.5, 0.6) is 0 Å². The average Bonchev–Trinajstić information content (AvgIpc) is 2.75. The number of aryl methyl sites for hydroxylation is 1. The van der Waals surface area contributed by atoms with Gasteiger partial charge in [0.05, 0.1) is 5.69 Å². The molecule has 4 heteroatoms. The highest BCUT2D eigenvalue weighted by molar-refractivity contribution is 5.21. The van der Waals surface area contributed by atoms with Crippen LogP contribution in [-0.2, 0) is 12.8 Å². The summed E-state index contributed by atoms with van der Waals surface area (Å²) in [7, 11) is 0. The Labute approximate surface area is 101 Å². The van der Waals surface area contributed by atoms with E-state index >= 15 is 0 Å². The van der Waals surface area contributed by atoms with Gasteiger partial charge in [0.1, 0.15) is 5.82 Å². The zero-order valence-electron chi connectivity index (χ0n) is 10.1. The maximum atomic E-state index is 12.1. The van der Waals surface area contributed by atoms with Crippen LogP contribution in [-0.4, -0.2) is 23.1 Å².